The zero-order valence-corrected chi connectivity index (χ0v) is 8.64. The van der Waals surface area contributed by atoms with Gasteiger partial charge < -0.3 is 11.1 Å². The number of hydrogen-bond donors (Lipinski definition) is 2. The van der Waals surface area contributed by atoms with Crippen LogP contribution >= 0.6 is 11.6 Å². The number of carbonyl (C=O) groups excluding carboxylic acids is 1. The fourth-order valence-electron chi connectivity index (χ4n) is 1.05. The Balaban J connectivity index is 2.79. The first-order valence-corrected chi connectivity index (χ1v) is 4.63. The van der Waals surface area contributed by atoms with Crippen LogP contribution in [0.5, 0.6) is 0 Å². The maximum absolute atomic E-state index is 11.5. The second-order valence-electron chi connectivity index (χ2n) is 2.86. The Morgan fingerprint density at radius 3 is 2.93 bits per heavy atom. The van der Waals surface area contributed by atoms with Gasteiger partial charge in [0.05, 0.1) is 0 Å². The SMILES string of the molecule is Cc1cc(C(=O)NCCN)cc(Cl)n1. The van der Waals surface area contributed by atoms with Gasteiger partial charge in [0.15, 0.2) is 0 Å². The van der Waals surface area contributed by atoms with E-state index in [1.807, 2.05) is 0 Å². The third kappa shape index (κ3) is 2.97. The number of aryl methyl sites for hydroxylation is 1. The maximum atomic E-state index is 11.5. The molecule has 1 rings (SSSR count). The van der Waals surface area contributed by atoms with E-state index in [-0.39, 0.29) is 5.91 Å². The standard InChI is InChI=1S/C9H12ClN3O/c1-6-4-7(5-8(10)13-6)9(14)12-3-2-11/h4-5H,2-3,11H2,1H3,(H,12,14). The number of nitrogens with two attached hydrogens (primary N) is 1. The van der Waals surface area contributed by atoms with Crippen molar-refractivity contribution in [2.75, 3.05) is 13.1 Å². The minimum absolute atomic E-state index is 0.178. The van der Waals surface area contributed by atoms with Crippen LogP contribution in [0, 0.1) is 6.92 Å². The Morgan fingerprint density at radius 2 is 2.36 bits per heavy atom. The Morgan fingerprint density at radius 1 is 1.64 bits per heavy atom. The van der Waals surface area contributed by atoms with Crippen molar-refractivity contribution < 1.29 is 4.79 Å². The van der Waals surface area contributed by atoms with Gasteiger partial charge in [-0.3, -0.25) is 4.79 Å². The molecule has 0 spiro atoms. The second kappa shape index (κ2) is 4.93. The molecule has 0 aromatic carbocycles. The molecule has 0 fully saturated rings. The number of nitrogens with one attached hydrogen (secondary N) is 1. The third-order valence-corrected chi connectivity index (χ3v) is 1.81. The van der Waals surface area contributed by atoms with Crippen LogP contribution < -0.4 is 11.1 Å². The monoisotopic (exact) mass is 213 g/mol. The van der Waals surface area contributed by atoms with Crippen LogP contribution in [-0.2, 0) is 0 Å². The molecule has 0 radical (unpaired) electrons. The lowest BCUT2D eigenvalue weighted by molar-refractivity contribution is 0.0954. The summed E-state index contributed by atoms with van der Waals surface area (Å²) < 4.78 is 0. The summed E-state index contributed by atoms with van der Waals surface area (Å²) in [6.45, 7) is 2.66. The summed E-state index contributed by atoms with van der Waals surface area (Å²) in [4.78, 5) is 15.4. The van der Waals surface area contributed by atoms with Gasteiger partial charge in [-0.05, 0) is 19.1 Å². The van der Waals surface area contributed by atoms with E-state index in [0.29, 0.717) is 23.8 Å². The predicted octanol–water partition coefficient (Wildman–Crippen LogP) is 0.732. The molecule has 5 heteroatoms. The van der Waals surface area contributed by atoms with Crippen molar-refractivity contribution >= 4 is 17.5 Å². The van der Waals surface area contributed by atoms with Gasteiger partial charge in [0.1, 0.15) is 5.15 Å². The van der Waals surface area contributed by atoms with Gasteiger partial charge in [-0.2, -0.15) is 0 Å². The Bertz CT molecular complexity index is 321. The van der Waals surface area contributed by atoms with Gasteiger partial charge in [-0.15, -0.1) is 0 Å². The minimum Gasteiger partial charge on any atom is -0.351 e. The number of rotatable bonds is 3. The molecule has 0 saturated carbocycles. The molecule has 1 heterocycles. The molecule has 0 atom stereocenters. The van der Waals surface area contributed by atoms with E-state index in [4.69, 9.17) is 17.3 Å². The zero-order valence-electron chi connectivity index (χ0n) is 7.88. The summed E-state index contributed by atoms with van der Waals surface area (Å²) in [5.74, 6) is -0.178. The van der Waals surface area contributed by atoms with E-state index in [0.717, 1.165) is 5.69 Å². The summed E-state index contributed by atoms with van der Waals surface area (Å²) in [5, 5.41) is 2.97. The van der Waals surface area contributed by atoms with Gasteiger partial charge in [-0.1, -0.05) is 11.6 Å². The van der Waals surface area contributed by atoms with E-state index in [1.54, 1.807) is 13.0 Å². The average Bonchev–Trinajstić information content (AvgIpc) is 2.12. The van der Waals surface area contributed by atoms with Gasteiger partial charge in [-0.25, -0.2) is 4.98 Å². The van der Waals surface area contributed by atoms with Crippen LogP contribution in [0.25, 0.3) is 0 Å². The van der Waals surface area contributed by atoms with E-state index >= 15 is 0 Å². The van der Waals surface area contributed by atoms with Crippen molar-refractivity contribution in [2.45, 2.75) is 6.92 Å². The fourth-order valence-corrected chi connectivity index (χ4v) is 1.30. The van der Waals surface area contributed by atoms with Crippen LogP contribution in [-0.4, -0.2) is 24.0 Å². The Labute approximate surface area is 87.5 Å². The molecule has 0 unspecified atom stereocenters. The molecule has 0 aliphatic rings. The van der Waals surface area contributed by atoms with E-state index in [9.17, 15) is 4.79 Å². The number of pyridine rings is 1. The van der Waals surface area contributed by atoms with E-state index < -0.39 is 0 Å². The zero-order chi connectivity index (χ0) is 10.6. The van der Waals surface area contributed by atoms with Crippen molar-refractivity contribution in [3.05, 3.63) is 28.5 Å². The first-order chi connectivity index (χ1) is 6.63. The lowest BCUT2D eigenvalue weighted by atomic mass is 10.2. The molecule has 1 amide bonds. The van der Waals surface area contributed by atoms with Gasteiger partial charge in [0.2, 0.25) is 0 Å². The molecule has 1 aromatic rings. The molecule has 14 heavy (non-hydrogen) atoms. The number of carbonyl (C=O) groups is 1. The number of halogens is 1. The highest BCUT2D eigenvalue weighted by Crippen LogP contribution is 2.09. The van der Waals surface area contributed by atoms with Gasteiger partial charge in [0.25, 0.3) is 5.91 Å². The topological polar surface area (TPSA) is 68.0 Å². The summed E-state index contributed by atoms with van der Waals surface area (Å²) in [5.41, 5.74) is 6.49. The molecule has 0 aliphatic heterocycles. The van der Waals surface area contributed by atoms with Crippen molar-refractivity contribution in [3.63, 3.8) is 0 Å². The van der Waals surface area contributed by atoms with Crippen molar-refractivity contribution in [2.24, 2.45) is 5.73 Å². The average molecular weight is 214 g/mol. The largest absolute Gasteiger partial charge is 0.351 e. The summed E-state index contributed by atoms with van der Waals surface area (Å²) >= 11 is 5.71. The molecular weight excluding hydrogens is 202 g/mol. The van der Waals surface area contributed by atoms with Crippen LogP contribution in [0.1, 0.15) is 16.1 Å². The van der Waals surface area contributed by atoms with Crippen LogP contribution in [0.3, 0.4) is 0 Å². The van der Waals surface area contributed by atoms with Gasteiger partial charge >= 0.3 is 0 Å². The molecule has 0 aliphatic carbocycles. The summed E-state index contributed by atoms with van der Waals surface area (Å²) in [7, 11) is 0. The molecule has 76 valence electrons. The Kier molecular flexibility index (Phi) is 3.85. The van der Waals surface area contributed by atoms with Crippen LogP contribution in [0.15, 0.2) is 12.1 Å². The van der Waals surface area contributed by atoms with Crippen molar-refractivity contribution in [3.8, 4) is 0 Å². The first-order valence-electron chi connectivity index (χ1n) is 4.26. The number of aromatic nitrogens is 1. The van der Waals surface area contributed by atoms with Crippen molar-refractivity contribution in [1.82, 2.24) is 10.3 Å². The van der Waals surface area contributed by atoms with Crippen molar-refractivity contribution in [1.29, 1.82) is 0 Å². The maximum Gasteiger partial charge on any atom is 0.251 e. The van der Waals surface area contributed by atoms with E-state index in [2.05, 4.69) is 10.3 Å². The molecule has 3 N–H and O–H groups in total. The highest BCUT2D eigenvalue weighted by molar-refractivity contribution is 6.29. The molecule has 1 aromatic heterocycles. The van der Waals surface area contributed by atoms with Crippen LogP contribution in [0.4, 0.5) is 0 Å². The number of hydrogen-bond acceptors (Lipinski definition) is 3. The molecular formula is C9H12ClN3O. The highest BCUT2D eigenvalue weighted by Gasteiger charge is 2.06. The molecule has 0 saturated heterocycles. The number of nitrogens with zero attached hydrogens (tertiary/aromatic N) is 1. The molecule has 0 bridgehead atoms. The van der Waals surface area contributed by atoms with E-state index in [1.165, 1.54) is 6.07 Å². The first kappa shape index (κ1) is 10.9. The highest BCUT2D eigenvalue weighted by atomic mass is 35.5. The predicted molar refractivity (Wildman–Crippen MR) is 55.4 cm³/mol. The quantitative estimate of drug-likeness (QED) is 0.728. The van der Waals surface area contributed by atoms with Crippen LogP contribution in [0.2, 0.25) is 5.15 Å². The molecule has 4 nitrogen and oxygen atoms in total. The second-order valence-corrected chi connectivity index (χ2v) is 3.25. The summed E-state index contributed by atoms with van der Waals surface area (Å²) in [6, 6.07) is 3.21. The third-order valence-electron chi connectivity index (χ3n) is 1.61. The number of amides is 1. The van der Waals surface area contributed by atoms with Gasteiger partial charge in [0, 0.05) is 24.3 Å². The smallest absolute Gasteiger partial charge is 0.251 e. The normalized spacial score (nSPS) is 9.93. The lowest BCUT2D eigenvalue weighted by Crippen LogP contribution is -2.29. The summed E-state index contributed by atoms with van der Waals surface area (Å²) in [6.07, 6.45) is 0. The fraction of sp³-hybridized carbons (Fsp3) is 0.333. The lowest BCUT2D eigenvalue weighted by Gasteiger charge is -2.04. The minimum atomic E-state index is -0.178. The Hall–Kier alpha value is -1.13.